The van der Waals surface area contributed by atoms with Crippen LogP contribution in [0.5, 0.6) is 0 Å². The molecule has 7 nitrogen and oxygen atoms in total. The number of carbonyl (C=O) groups excluding carboxylic acids is 2. The molecule has 0 aliphatic rings. The van der Waals surface area contributed by atoms with Gasteiger partial charge in [0.15, 0.2) is 0 Å². The predicted molar refractivity (Wildman–Crippen MR) is 79.6 cm³/mol. The summed E-state index contributed by atoms with van der Waals surface area (Å²) in [6, 6.07) is 11.8. The van der Waals surface area contributed by atoms with Crippen molar-refractivity contribution < 1.29 is 14.8 Å². The zero-order chi connectivity index (χ0) is 15.9. The van der Waals surface area contributed by atoms with Crippen LogP contribution < -0.4 is 5.48 Å². The van der Waals surface area contributed by atoms with E-state index in [4.69, 9.17) is 5.21 Å². The van der Waals surface area contributed by atoms with Gasteiger partial charge in [0.1, 0.15) is 0 Å². The highest BCUT2D eigenvalue weighted by Gasteiger charge is 2.09. The standard InChI is InChI=1S/C15H14N4O3/c1-19(15(21)11-5-3-2-4-6-11)17-10-13-8-7-12(9-16-13)14(20)18-22/h2-10,22H,1H3,(H,18,20). The molecule has 0 radical (unpaired) electrons. The van der Waals surface area contributed by atoms with Gasteiger partial charge in [-0.2, -0.15) is 5.10 Å². The summed E-state index contributed by atoms with van der Waals surface area (Å²) in [5, 5.41) is 13.7. The molecule has 2 N–H and O–H groups in total. The molecule has 0 saturated carbocycles. The van der Waals surface area contributed by atoms with Gasteiger partial charge in [0, 0.05) is 18.8 Å². The second-order valence-corrected chi connectivity index (χ2v) is 4.35. The topological polar surface area (TPSA) is 94.9 Å². The summed E-state index contributed by atoms with van der Waals surface area (Å²) >= 11 is 0. The molecule has 0 unspecified atom stereocenters. The van der Waals surface area contributed by atoms with E-state index in [2.05, 4.69) is 10.1 Å². The Morgan fingerprint density at radius 3 is 2.50 bits per heavy atom. The first-order valence-corrected chi connectivity index (χ1v) is 6.39. The number of hydrogen-bond donors (Lipinski definition) is 2. The molecule has 7 heteroatoms. The number of carbonyl (C=O) groups is 2. The van der Waals surface area contributed by atoms with Crippen LogP contribution >= 0.6 is 0 Å². The van der Waals surface area contributed by atoms with E-state index in [1.807, 2.05) is 6.07 Å². The minimum Gasteiger partial charge on any atom is -0.288 e. The van der Waals surface area contributed by atoms with Crippen LogP contribution in [-0.2, 0) is 0 Å². The Hall–Kier alpha value is -3.06. The van der Waals surface area contributed by atoms with Gasteiger partial charge in [-0.25, -0.2) is 10.5 Å². The molecule has 2 amide bonds. The summed E-state index contributed by atoms with van der Waals surface area (Å²) in [5.74, 6) is -0.888. The lowest BCUT2D eigenvalue weighted by Crippen LogP contribution is -2.21. The van der Waals surface area contributed by atoms with Gasteiger partial charge >= 0.3 is 0 Å². The highest BCUT2D eigenvalue weighted by molar-refractivity contribution is 5.95. The van der Waals surface area contributed by atoms with E-state index < -0.39 is 5.91 Å². The molecule has 0 aliphatic carbocycles. The Balaban J connectivity index is 2.05. The summed E-state index contributed by atoms with van der Waals surface area (Å²) in [6.45, 7) is 0. The van der Waals surface area contributed by atoms with Crippen molar-refractivity contribution in [1.29, 1.82) is 0 Å². The van der Waals surface area contributed by atoms with E-state index in [0.717, 1.165) is 0 Å². The number of hydroxylamine groups is 1. The van der Waals surface area contributed by atoms with Crippen LogP contribution in [0.3, 0.4) is 0 Å². The number of aromatic nitrogens is 1. The molecule has 1 aromatic heterocycles. The smallest absolute Gasteiger partial charge is 0.276 e. The van der Waals surface area contributed by atoms with Crippen molar-refractivity contribution in [2.75, 3.05) is 7.05 Å². The van der Waals surface area contributed by atoms with Crippen molar-refractivity contribution in [1.82, 2.24) is 15.5 Å². The second kappa shape index (κ2) is 7.09. The number of benzene rings is 1. The number of rotatable bonds is 4. The minimum absolute atomic E-state index is 0.216. The Bertz CT molecular complexity index is 684. The van der Waals surface area contributed by atoms with Crippen molar-refractivity contribution >= 4 is 18.0 Å². The fourth-order valence-corrected chi connectivity index (χ4v) is 1.65. The summed E-state index contributed by atoms with van der Waals surface area (Å²) in [5.41, 5.74) is 2.74. The fraction of sp³-hybridized carbons (Fsp3) is 0.0667. The molecule has 0 aliphatic heterocycles. The van der Waals surface area contributed by atoms with Gasteiger partial charge in [0.25, 0.3) is 11.8 Å². The van der Waals surface area contributed by atoms with Crippen molar-refractivity contribution in [3.05, 3.63) is 65.5 Å². The molecule has 0 spiro atoms. The fourth-order valence-electron chi connectivity index (χ4n) is 1.65. The third-order valence-electron chi connectivity index (χ3n) is 2.83. The molecule has 1 aromatic carbocycles. The summed E-state index contributed by atoms with van der Waals surface area (Å²) in [7, 11) is 1.54. The first-order valence-electron chi connectivity index (χ1n) is 6.39. The molecule has 2 rings (SSSR count). The van der Waals surface area contributed by atoms with E-state index in [0.29, 0.717) is 11.3 Å². The number of amides is 2. The molecule has 112 valence electrons. The number of nitrogens with zero attached hydrogens (tertiary/aromatic N) is 3. The van der Waals surface area contributed by atoms with Crippen LogP contribution in [0, 0.1) is 0 Å². The average Bonchev–Trinajstić information content (AvgIpc) is 2.59. The third kappa shape index (κ3) is 3.74. The molecule has 22 heavy (non-hydrogen) atoms. The Labute approximate surface area is 126 Å². The highest BCUT2D eigenvalue weighted by atomic mass is 16.5. The number of nitrogens with one attached hydrogen (secondary N) is 1. The molecule has 2 aromatic rings. The summed E-state index contributed by atoms with van der Waals surface area (Å²) in [6.07, 6.45) is 2.70. The van der Waals surface area contributed by atoms with Crippen molar-refractivity contribution in [2.24, 2.45) is 5.10 Å². The van der Waals surface area contributed by atoms with E-state index in [1.54, 1.807) is 37.4 Å². The predicted octanol–water partition coefficient (Wildman–Crippen LogP) is 1.31. The molecule has 0 fully saturated rings. The molecular formula is C15H14N4O3. The minimum atomic E-state index is -0.646. The van der Waals surface area contributed by atoms with Crippen LogP contribution in [-0.4, -0.2) is 40.3 Å². The van der Waals surface area contributed by atoms with Gasteiger partial charge in [0.05, 0.1) is 17.5 Å². The van der Waals surface area contributed by atoms with Crippen LogP contribution in [0.25, 0.3) is 0 Å². The Morgan fingerprint density at radius 1 is 1.18 bits per heavy atom. The number of pyridine rings is 1. The van der Waals surface area contributed by atoms with Crippen LogP contribution in [0.4, 0.5) is 0 Å². The maximum absolute atomic E-state index is 12.1. The molecule has 1 heterocycles. The molecular weight excluding hydrogens is 284 g/mol. The Kier molecular flexibility index (Phi) is 4.94. The lowest BCUT2D eigenvalue weighted by atomic mass is 10.2. The second-order valence-electron chi connectivity index (χ2n) is 4.35. The maximum Gasteiger partial charge on any atom is 0.276 e. The SMILES string of the molecule is CN(N=Cc1ccc(C(=O)NO)cn1)C(=O)c1ccccc1. The van der Waals surface area contributed by atoms with Gasteiger partial charge in [-0.3, -0.25) is 19.8 Å². The first-order chi connectivity index (χ1) is 10.6. The maximum atomic E-state index is 12.1. The first kappa shape index (κ1) is 15.3. The normalized spacial score (nSPS) is 10.5. The molecule has 0 saturated heterocycles. The van der Waals surface area contributed by atoms with Crippen LogP contribution in [0.2, 0.25) is 0 Å². The number of hydrazone groups is 1. The average molecular weight is 298 g/mol. The van der Waals surface area contributed by atoms with E-state index >= 15 is 0 Å². The summed E-state index contributed by atoms with van der Waals surface area (Å²) in [4.78, 5) is 27.2. The lowest BCUT2D eigenvalue weighted by Gasteiger charge is -2.10. The quantitative estimate of drug-likeness (QED) is 0.505. The lowest BCUT2D eigenvalue weighted by molar-refractivity contribution is 0.0705. The van der Waals surface area contributed by atoms with Gasteiger partial charge in [-0.05, 0) is 24.3 Å². The highest BCUT2D eigenvalue weighted by Crippen LogP contribution is 2.04. The van der Waals surface area contributed by atoms with Crippen LogP contribution in [0.1, 0.15) is 26.4 Å². The molecule has 0 atom stereocenters. The van der Waals surface area contributed by atoms with Crippen molar-refractivity contribution in [3.8, 4) is 0 Å². The van der Waals surface area contributed by atoms with Gasteiger partial charge < -0.3 is 0 Å². The zero-order valence-corrected chi connectivity index (χ0v) is 11.8. The Morgan fingerprint density at radius 2 is 1.91 bits per heavy atom. The van der Waals surface area contributed by atoms with E-state index in [9.17, 15) is 9.59 Å². The monoisotopic (exact) mass is 298 g/mol. The number of hydrogen-bond acceptors (Lipinski definition) is 5. The molecule has 0 bridgehead atoms. The summed E-state index contributed by atoms with van der Waals surface area (Å²) < 4.78 is 0. The van der Waals surface area contributed by atoms with E-state index in [-0.39, 0.29) is 11.5 Å². The van der Waals surface area contributed by atoms with Gasteiger partial charge in [0.2, 0.25) is 0 Å². The van der Waals surface area contributed by atoms with Crippen LogP contribution in [0.15, 0.2) is 53.8 Å². The van der Waals surface area contributed by atoms with Gasteiger partial charge in [-0.15, -0.1) is 0 Å². The van der Waals surface area contributed by atoms with Crippen molar-refractivity contribution in [2.45, 2.75) is 0 Å². The zero-order valence-electron chi connectivity index (χ0n) is 11.8. The third-order valence-corrected chi connectivity index (χ3v) is 2.83. The van der Waals surface area contributed by atoms with Crippen molar-refractivity contribution in [3.63, 3.8) is 0 Å². The largest absolute Gasteiger partial charge is 0.288 e. The van der Waals surface area contributed by atoms with E-state index in [1.165, 1.54) is 29.0 Å². The van der Waals surface area contributed by atoms with Gasteiger partial charge in [-0.1, -0.05) is 18.2 Å².